The number of fused-ring (bicyclic) bond motifs is 1. The van der Waals surface area contributed by atoms with Crippen LogP contribution in [0.15, 0.2) is 22.9 Å². The van der Waals surface area contributed by atoms with E-state index in [-0.39, 0.29) is 16.8 Å². The molecule has 0 bridgehead atoms. The molecule has 66 valence electrons. The number of hydrogen-bond donors (Lipinski definition) is 2. The average molecular weight is 179 g/mol. The summed E-state index contributed by atoms with van der Waals surface area (Å²) in [5.74, 6) is -1.54. The standard InChI is InChI=1S/C8H5NO4/c10-4-1-2-5-7(9-3-13-5)6(4)8(11)12/h1-3,10H,(H,11,12). The maximum atomic E-state index is 10.7. The van der Waals surface area contributed by atoms with Crippen LogP contribution in [-0.4, -0.2) is 21.2 Å². The maximum absolute atomic E-state index is 10.7. The van der Waals surface area contributed by atoms with Crippen molar-refractivity contribution in [1.29, 1.82) is 0 Å². The van der Waals surface area contributed by atoms with Crippen LogP contribution in [0.25, 0.3) is 11.1 Å². The third-order valence-corrected chi connectivity index (χ3v) is 1.69. The van der Waals surface area contributed by atoms with Crippen LogP contribution >= 0.6 is 0 Å². The fourth-order valence-electron chi connectivity index (χ4n) is 1.13. The number of benzene rings is 1. The molecule has 13 heavy (non-hydrogen) atoms. The van der Waals surface area contributed by atoms with Gasteiger partial charge in [0.15, 0.2) is 12.0 Å². The lowest BCUT2D eigenvalue weighted by molar-refractivity contribution is 0.0696. The molecule has 0 saturated heterocycles. The zero-order valence-electron chi connectivity index (χ0n) is 6.39. The fourth-order valence-corrected chi connectivity index (χ4v) is 1.13. The first-order valence-corrected chi connectivity index (χ1v) is 3.48. The normalized spacial score (nSPS) is 10.5. The first kappa shape index (κ1) is 7.60. The van der Waals surface area contributed by atoms with E-state index >= 15 is 0 Å². The van der Waals surface area contributed by atoms with Crippen molar-refractivity contribution in [3.63, 3.8) is 0 Å². The van der Waals surface area contributed by atoms with Gasteiger partial charge in [-0.05, 0) is 12.1 Å². The van der Waals surface area contributed by atoms with E-state index < -0.39 is 5.97 Å². The molecule has 5 heteroatoms. The summed E-state index contributed by atoms with van der Waals surface area (Å²) in [7, 11) is 0. The third-order valence-electron chi connectivity index (χ3n) is 1.69. The Kier molecular flexibility index (Phi) is 1.45. The number of aromatic hydroxyl groups is 1. The zero-order chi connectivity index (χ0) is 9.42. The van der Waals surface area contributed by atoms with Crippen molar-refractivity contribution in [2.24, 2.45) is 0 Å². The van der Waals surface area contributed by atoms with E-state index in [1.165, 1.54) is 12.1 Å². The molecule has 0 radical (unpaired) electrons. The highest BCUT2D eigenvalue weighted by Crippen LogP contribution is 2.25. The van der Waals surface area contributed by atoms with Crippen molar-refractivity contribution in [2.75, 3.05) is 0 Å². The Labute approximate surface area is 72.2 Å². The average Bonchev–Trinajstić information content (AvgIpc) is 2.50. The molecule has 1 aromatic carbocycles. The topological polar surface area (TPSA) is 83.6 Å². The van der Waals surface area contributed by atoms with Gasteiger partial charge in [-0.3, -0.25) is 0 Å². The quantitative estimate of drug-likeness (QED) is 0.687. The molecular weight excluding hydrogens is 174 g/mol. The lowest BCUT2D eigenvalue weighted by atomic mass is 10.1. The molecule has 5 nitrogen and oxygen atoms in total. The minimum absolute atomic E-state index is 0.160. The van der Waals surface area contributed by atoms with E-state index in [9.17, 15) is 9.90 Å². The molecule has 0 amide bonds. The predicted molar refractivity (Wildman–Crippen MR) is 42.6 cm³/mol. The summed E-state index contributed by atoms with van der Waals surface area (Å²) in [6.45, 7) is 0. The van der Waals surface area contributed by atoms with E-state index in [4.69, 9.17) is 9.52 Å². The largest absolute Gasteiger partial charge is 0.507 e. The first-order chi connectivity index (χ1) is 6.20. The molecule has 1 heterocycles. The van der Waals surface area contributed by atoms with Crippen LogP contribution in [-0.2, 0) is 0 Å². The smallest absolute Gasteiger partial charge is 0.341 e. The number of phenols is 1. The Morgan fingerprint density at radius 3 is 2.92 bits per heavy atom. The predicted octanol–water partition coefficient (Wildman–Crippen LogP) is 1.23. The molecule has 0 spiro atoms. The van der Waals surface area contributed by atoms with Crippen molar-refractivity contribution < 1.29 is 19.4 Å². The van der Waals surface area contributed by atoms with Gasteiger partial charge in [-0.2, -0.15) is 0 Å². The van der Waals surface area contributed by atoms with Gasteiger partial charge in [-0.1, -0.05) is 0 Å². The summed E-state index contributed by atoms with van der Waals surface area (Å²) in [4.78, 5) is 14.4. The number of aromatic carboxylic acids is 1. The SMILES string of the molecule is O=C(O)c1c(O)ccc2ocnc12. The minimum atomic E-state index is -1.22. The van der Waals surface area contributed by atoms with Gasteiger partial charge in [0.25, 0.3) is 0 Å². The summed E-state index contributed by atoms with van der Waals surface area (Å²) in [5, 5.41) is 18.0. The van der Waals surface area contributed by atoms with Crippen LogP contribution in [0.2, 0.25) is 0 Å². The van der Waals surface area contributed by atoms with Gasteiger partial charge in [0.05, 0.1) is 0 Å². The zero-order valence-corrected chi connectivity index (χ0v) is 6.39. The van der Waals surface area contributed by atoms with E-state index in [0.717, 1.165) is 6.39 Å². The molecule has 0 atom stereocenters. The van der Waals surface area contributed by atoms with Crippen LogP contribution < -0.4 is 0 Å². The van der Waals surface area contributed by atoms with Gasteiger partial charge in [-0.15, -0.1) is 0 Å². The highest BCUT2D eigenvalue weighted by Gasteiger charge is 2.16. The minimum Gasteiger partial charge on any atom is -0.507 e. The highest BCUT2D eigenvalue weighted by molar-refractivity contribution is 6.02. The molecule has 2 aromatic rings. The summed E-state index contributed by atoms with van der Waals surface area (Å²) in [5.41, 5.74) is 0.272. The summed E-state index contributed by atoms with van der Waals surface area (Å²) in [6, 6.07) is 2.72. The van der Waals surface area contributed by atoms with Crippen LogP contribution in [0.4, 0.5) is 0 Å². The lowest BCUT2D eigenvalue weighted by Crippen LogP contribution is -1.97. The maximum Gasteiger partial charge on any atom is 0.341 e. The first-order valence-electron chi connectivity index (χ1n) is 3.48. The molecule has 0 aliphatic carbocycles. The third kappa shape index (κ3) is 1.01. The van der Waals surface area contributed by atoms with Crippen molar-refractivity contribution in [2.45, 2.75) is 0 Å². The van der Waals surface area contributed by atoms with Crippen molar-refractivity contribution >= 4 is 17.1 Å². The molecule has 0 unspecified atom stereocenters. The van der Waals surface area contributed by atoms with Gasteiger partial charge >= 0.3 is 5.97 Å². The van der Waals surface area contributed by atoms with Crippen LogP contribution in [0, 0.1) is 0 Å². The second-order valence-corrected chi connectivity index (χ2v) is 2.46. The Hall–Kier alpha value is -2.04. The lowest BCUT2D eigenvalue weighted by Gasteiger charge is -1.97. The number of hydrogen-bond acceptors (Lipinski definition) is 4. The van der Waals surface area contributed by atoms with Gasteiger partial charge in [0.1, 0.15) is 16.8 Å². The highest BCUT2D eigenvalue weighted by atomic mass is 16.4. The number of rotatable bonds is 1. The van der Waals surface area contributed by atoms with Crippen molar-refractivity contribution in [3.8, 4) is 5.75 Å². The Morgan fingerprint density at radius 2 is 2.23 bits per heavy atom. The van der Waals surface area contributed by atoms with Gasteiger partial charge in [-0.25, -0.2) is 9.78 Å². The molecule has 2 rings (SSSR count). The van der Waals surface area contributed by atoms with Crippen LogP contribution in [0.5, 0.6) is 5.75 Å². The monoisotopic (exact) mass is 179 g/mol. The van der Waals surface area contributed by atoms with E-state index in [1.54, 1.807) is 0 Å². The summed E-state index contributed by atoms with van der Waals surface area (Å²) in [6.07, 6.45) is 1.14. The molecule has 2 N–H and O–H groups in total. The molecule has 0 fully saturated rings. The van der Waals surface area contributed by atoms with E-state index in [2.05, 4.69) is 4.98 Å². The van der Waals surface area contributed by atoms with Gasteiger partial charge in [0, 0.05) is 0 Å². The molecule has 1 aromatic heterocycles. The number of carbonyl (C=O) groups is 1. The number of carboxylic acids is 1. The molecule has 0 aliphatic heterocycles. The molecule has 0 aliphatic rings. The van der Waals surface area contributed by atoms with Crippen LogP contribution in [0.1, 0.15) is 10.4 Å². The Morgan fingerprint density at radius 1 is 1.46 bits per heavy atom. The van der Waals surface area contributed by atoms with Crippen molar-refractivity contribution in [3.05, 3.63) is 24.1 Å². The second kappa shape index (κ2) is 2.48. The van der Waals surface area contributed by atoms with Crippen molar-refractivity contribution in [1.82, 2.24) is 4.98 Å². The number of carboxylic acid groups (broad SMARTS) is 1. The molecule has 0 saturated carbocycles. The van der Waals surface area contributed by atoms with Gasteiger partial charge < -0.3 is 14.6 Å². The number of nitrogens with zero attached hydrogens (tertiary/aromatic N) is 1. The number of aromatic nitrogens is 1. The number of oxazole rings is 1. The Balaban J connectivity index is 2.88. The van der Waals surface area contributed by atoms with Crippen LogP contribution in [0.3, 0.4) is 0 Å². The molecular formula is C8H5NO4. The summed E-state index contributed by atoms with van der Waals surface area (Å²) < 4.78 is 4.88. The fraction of sp³-hybridized carbons (Fsp3) is 0. The Bertz CT molecular complexity index is 474. The van der Waals surface area contributed by atoms with Gasteiger partial charge in [0.2, 0.25) is 0 Å². The second-order valence-electron chi connectivity index (χ2n) is 2.46. The summed E-state index contributed by atoms with van der Waals surface area (Å²) >= 11 is 0. The van der Waals surface area contributed by atoms with E-state index in [1.807, 2.05) is 0 Å². The van der Waals surface area contributed by atoms with E-state index in [0.29, 0.717) is 5.58 Å².